The highest BCUT2D eigenvalue weighted by Gasteiger charge is 2.24. The Balaban J connectivity index is 1.77. The first kappa shape index (κ1) is 23.1. The first-order valence-electron chi connectivity index (χ1n) is 10.4. The zero-order chi connectivity index (χ0) is 24.2. The van der Waals surface area contributed by atoms with E-state index < -0.39 is 29.4 Å². The van der Waals surface area contributed by atoms with Crippen molar-refractivity contribution in [3.8, 4) is 11.4 Å². The Morgan fingerprint density at radius 3 is 2.65 bits per heavy atom. The second-order valence-corrected chi connectivity index (χ2v) is 8.06. The summed E-state index contributed by atoms with van der Waals surface area (Å²) in [7, 11) is 0. The van der Waals surface area contributed by atoms with Gasteiger partial charge in [0, 0.05) is 10.8 Å². The summed E-state index contributed by atoms with van der Waals surface area (Å²) in [6.45, 7) is 3.32. The highest BCUT2D eigenvalue weighted by atomic mass is 32.1. The molecule has 0 aliphatic carbocycles. The van der Waals surface area contributed by atoms with Crippen LogP contribution in [-0.2, 0) is 9.53 Å². The summed E-state index contributed by atoms with van der Waals surface area (Å²) in [5, 5.41) is 8.90. The molecule has 0 aliphatic heterocycles. The van der Waals surface area contributed by atoms with E-state index in [1.165, 1.54) is 18.2 Å². The average molecular weight is 482 g/mol. The van der Waals surface area contributed by atoms with E-state index >= 15 is 0 Å². The van der Waals surface area contributed by atoms with Gasteiger partial charge in [-0.1, -0.05) is 24.3 Å². The Bertz CT molecular complexity index is 1420. The molecule has 2 aromatic carbocycles. The second kappa shape index (κ2) is 9.84. The maximum absolute atomic E-state index is 13.8. The number of nitrogens with zero attached hydrogens (tertiary/aromatic N) is 2. The zero-order valence-electron chi connectivity index (χ0n) is 18.3. The fourth-order valence-corrected chi connectivity index (χ4v) is 4.18. The van der Waals surface area contributed by atoms with Crippen LogP contribution in [0.25, 0.3) is 16.5 Å². The fourth-order valence-electron chi connectivity index (χ4n) is 3.25. The number of thiophene rings is 1. The molecule has 0 bridgehead atoms. The molecule has 34 heavy (non-hydrogen) atoms. The third-order valence-corrected chi connectivity index (χ3v) is 5.73. The molecular weight excluding hydrogens is 461 g/mol. The van der Waals surface area contributed by atoms with Crippen LogP contribution in [0.15, 0.2) is 64.8 Å². The highest BCUT2D eigenvalue weighted by Crippen LogP contribution is 2.31. The lowest BCUT2D eigenvalue weighted by Crippen LogP contribution is -2.31. The molecule has 0 aliphatic rings. The fraction of sp³-hybridized carbons (Fsp3) is 0.167. The minimum Gasteiger partial charge on any atom is -0.481 e. The number of benzene rings is 2. The van der Waals surface area contributed by atoms with Gasteiger partial charge in [0.25, 0.3) is 11.5 Å². The first-order chi connectivity index (χ1) is 16.4. The van der Waals surface area contributed by atoms with E-state index in [2.05, 4.69) is 10.4 Å². The number of amides is 1. The molecule has 2 aromatic heterocycles. The van der Waals surface area contributed by atoms with Crippen LogP contribution in [-0.4, -0.2) is 34.4 Å². The number of para-hydroxylation sites is 1. The largest absolute Gasteiger partial charge is 0.481 e. The van der Waals surface area contributed by atoms with Gasteiger partial charge in [0.15, 0.2) is 11.8 Å². The summed E-state index contributed by atoms with van der Waals surface area (Å²) in [5.74, 6) is -1.29. The van der Waals surface area contributed by atoms with Crippen LogP contribution in [0.5, 0.6) is 5.75 Å². The molecule has 174 valence electrons. The molecule has 1 atom stereocenters. The predicted molar refractivity (Wildman–Crippen MR) is 126 cm³/mol. The lowest BCUT2D eigenvalue weighted by atomic mass is 10.2. The van der Waals surface area contributed by atoms with Gasteiger partial charge in [-0.3, -0.25) is 9.59 Å². The number of halogens is 1. The number of carbonyl (C=O) groups excluding carboxylic acids is 2. The SMILES string of the molecule is CCOC(=O)c1nn(-c2cccc(F)c2)c(=O)c2c(NC(=O)C(C)Oc3ccccc3)scc12. The van der Waals surface area contributed by atoms with Crippen molar-refractivity contribution in [2.75, 3.05) is 11.9 Å². The highest BCUT2D eigenvalue weighted by molar-refractivity contribution is 7.16. The van der Waals surface area contributed by atoms with Crippen LogP contribution in [0.2, 0.25) is 0 Å². The van der Waals surface area contributed by atoms with Crippen molar-refractivity contribution >= 4 is 39.0 Å². The van der Waals surface area contributed by atoms with Crippen molar-refractivity contribution in [3.63, 3.8) is 0 Å². The third kappa shape index (κ3) is 4.67. The van der Waals surface area contributed by atoms with Gasteiger partial charge in [-0.2, -0.15) is 9.78 Å². The van der Waals surface area contributed by atoms with Crippen LogP contribution in [0, 0.1) is 5.82 Å². The number of fused-ring (bicyclic) bond motifs is 1. The summed E-state index contributed by atoms with van der Waals surface area (Å²) >= 11 is 1.06. The van der Waals surface area contributed by atoms with E-state index in [0.29, 0.717) is 5.75 Å². The molecule has 1 unspecified atom stereocenters. The van der Waals surface area contributed by atoms with Crippen LogP contribution >= 0.6 is 11.3 Å². The zero-order valence-corrected chi connectivity index (χ0v) is 19.1. The van der Waals surface area contributed by atoms with E-state index in [9.17, 15) is 18.8 Å². The standard InChI is InChI=1S/C24H20FN3O5S/c1-3-32-24(31)20-18-13-34-22(26-21(29)14(2)33-17-10-5-4-6-11-17)19(18)23(30)28(27-20)16-9-7-8-15(25)12-16/h4-14H,3H2,1-2H3,(H,26,29). The van der Waals surface area contributed by atoms with Gasteiger partial charge < -0.3 is 14.8 Å². The second-order valence-electron chi connectivity index (χ2n) is 7.18. The van der Waals surface area contributed by atoms with Crippen molar-refractivity contribution in [3.05, 3.63) is 81.8 Å². The van der Waals surface area contributed by atoms with Gasteiger partial charge in [-0.05, 0) is 44.2 Å². The van der Waals surface area contributed by atoms with Crippen molar-refractivity contribution in [1.29, 1.82) is 0 Å². The number of hydrogen-bond donors (Lipinski definition) is 1. The lowest BCUT2D eigenvalue weighted by molar-refractivity contribution is -0.122. The maximum atomic E-state index is 13.8. The van der Waals surface area contributed by atoms with E-state index in [0.717, 1.165) is 22.1 Å². The van der Waals surface area contributed by atoms with Crippen LogP contribution in [0.3, 0.4) is 0 Å². The Hall–Kier alpha value is -4.05. The molecule has 0 radical (unpaired) electrons. The van der Waals surface area contributed by atoms with Crippen molar-refractivity contribution in [1.82, 2.24) is 9.78 Å². The molecule has 0 saturated carbocycles. The molecule has 0 saturated heterocycles. The Labute approximate surface area is 197 Å². The van der Waals surface area contributed by atoms with Crippen molar-refractivity contribution in [2.24, 2.45) is 0 Å². The molecular formula is C24H20FN3O5S. The number of esters is 1. The predicted octanol–water partition coefficient (Wildman–Crippen LogP) is 4.17. The summed E-state index contributed by atoms with van der Waals surface area (Å²) in [4.78, 5) is 38.7. The average Bonchev–Trinajstić information content (AvgIpc) is 3.24. The summed E-state index contributed by atoms with van der Waals surface area (Å²) in [5.41, 5.74) is -0.616. The van der Waals surface area contributed by atoms with E-state index in [4.69, 9.17) is 9.47 Å². The number of ether oxygens (including phenoxy) is 2. The third-order valence-electron chi connectivity index (χ3n) is 4.84. The summed E-state index contributed by atoms with van der Waals surface area (Å²) in [6, 6.07) is 14.1. The monoisotopic (exact) mass is 481 g/mol. The molecule has 2 heterocycles. The van der Waals surface area contributed by atoms with Crippen LogP contribution in [0.4, 0.5) is 9.39 Å². The van der Waals surface area contributed by atoms with Crippen molar-refractivity contribution in [2.45, 2.75) is 20.0 Å². The first-order valence-corrected chi connectivity index (χ1v) is 11.3. The molecule has 4 aromatic rings. The minimum absolute atomic E-state index is 0.0626. The van der Waals surface area contributed by atoms with Crippen LogP contribution < -0.4 is 15.6 Å². The van der Waals surface area contributed by atoms with E-state index in [1.54, 1.807) is 43.5 Å². The van der Waals surface area contributed by atoms with Gasteiger partial charge in [0.1, 0.15) is 16.6 Å². The van der Waals surface area contributed by atoms with E-state index in [-0.39, 0.29) is 33.8 Å². The lowest BCUT2D eigenvalue weighted by Gasteiger charge is -2.14. The normalized spacial score (nSPS) is 11.7. The number of nitrogens with one attached hydrogen (secondary N) is 1. The maximum Gasteiger partial charge on any atom is 0.359 e. The Kier molecular flexibility index (Phi) is 6.69. The molecule has 0 spiro atoms. The smallest absolute Gasteiger partial charge is 0.359 e. The van der Waals surface area contributed by atoms with Gasteiger partial charge in [0.05, 0.1) is 17.7 Å². The molecule has 10 heteroatoms. The minimum atomic E-state index is -0.864. The molecule has 1 amide bonds. The quantitative estimate of drug-likeness (QED) is 0.398. The van der Waals surface area contributed by atoms with E-state index in [1.807, 2.05) is 6.07 Å². The molecule has 1 N–H and O–H groups in total. The molecule has 4 rings (SSSR count). The Morgan fingerprint density at radius 2 is 1.94 bits per heavy atom. The molecule has 0 fully saturated rings. The topological polar surface area (TPSA) is 99.5 Å². The Morgan fingerprint density at radius 1 is 1.18 bits per heavy atom. The van der Waals surface area contributed by atoms with Gasteiger partial charge in [-0.25, -0.2) is 9.18 Å². The summed E-state index contributed by atoms with van der Waals surface area (Å²) in [6.07, 6.45) is -0.864. The summed E-state index contributed by atoms with van der Waals surface area (Å²) < 4.78 is 25.5. The van der Waals surface area contributed by atoms with Gasteiger partial charge >= 0.3 is 5.97 Å². The number of aromatic nitrogens is 2. The number of rotatable bonds is 7. The van der Waals surface area contributed by atoms with Gasteiger partial charge in [0.2, 0.25) is 0 Å². The number of anilines is 1. The van der Waals surface area contributed by atoms with Crippen LogP contribution in [0.1, 0.15) is 24.3 Å². The number of hydrogen-bond acceptors (Lipinski definition) is 7. The van der Waals surface area contributed by atoms with Gasteiger partial charge in [-0.15, -0.1) is 11.3 Å². The van der Waals surface area contributed by atoms with Crippen molar-refractivity contribution < 1.29 is 23.5 Å². The molecule has 8 nitrogen and oxygen atoms in total. The number of carbonyl (C=O) groups is 2.